The Kier molecular flexibility index (Phi) is 3.45. The van der Waals surface area contributed by atoms with E-state index in [4.69, 9.17) is 15.2 Å². The number of ether oxygens (including phenoxy) is 2. The van der Waals surface area contributed by atoms with Gasteiger partial charge in [-0.1, -0.05) is 6.07 Å². The molecule has 1 aromatic carbocycles. The Bertz CT molecular complexity index is 308. The molecule has 1 aliphatic rings. The van der Waals surface area contributed by atoms with Crippen molar-refractivity contribution in [3.8, 4) is 5.75 Å². The van der Waals surface area contributed by atoms with Gasteiger partial charge in [0.15, 0.2) is 0 Å². The van der Waals surface area contributed by atoms with Crippen LogP contribution in [0.2, 0.25) is 0 Å². The van der Waals surface area contributed by atoms with Gasteiger partial charge in [-0.3, -0.25) is 0 Å². The van der Waals surface area contributed by atoms with Gasteiger partial charge < -0.3 is 15.2 Å². The highest BCUT2D eigenvalue weighted by molar-refractivity contribution is 5.43. The molecule has 1 saturated heterocycles. The van der Waals surface area contributed by atoms with E-state index in [1.54, 1.807) is 0 Å². The van der Waals surface area contributed by atoms with Gasteiger partial charge in [-0.25, -0.2) is 0 Å². The van der Waals surface area contributed by atoms with Gasteiger partial charge in [0.2, 0.25) is 0 Å². The predicted octanol–water partition coefficient (Wildman–Crippen LogP) is 2.07. The number of hydrogen-bond acceptors (Lipinski definition) is 3. The maximum atomic E-state index is 5.69. The molecule has 2 rings (SSSR count). The standard InChI is InChI=1S/C12H17NO2/c13-11-2-1-3-12(8-11)15-9-10-4-6-14-7-5-10/h1-3,8,10H,4-7,9,13H2. The van der Waals surface area contributed by atoms with E-state index in [0.717, 1.165) is 44.1 Å². The molecule has 2 N–H and O–H groups in total. The van der Waals surface area contributed by atoms with Gasteiger partial charge in [0.05, 0.1) is 6.61 Å². The molecule has 3 nitrogen and oxygen atoms in total. The van der Waals surface area contributed by atoms with E-state index in [1.165, 1.54) is 0 Å². The van der Waals surface area contributed by atoms with Crippen LogP contribution in [0.3, 0.4) is 0 Å². The highest BCUT2D eigenvalue weighted by atomic mass is 16.5. The van der Waals surface area contributed by atoms with Crippen molar-refractivity contribution in [2.24, 2.45) is 5.92 Å². The molecule has 0 unspecified atom stereocenters. The lowest BCUT2D eigenvalue weighted by atomic mass is 10.0. The quantitative estimate of drug-likeness (QED) is 0.772. The van der Waals surface area contributed by atoms with E-state index in [0.29, 0.717) is 5.92 Å². The lowest BCUT2D eigenvalue weighted by Crippen LogP contribution is -2.21. The number of nitrogen functional groups attached to an aromatic ring is 1. The Morgan fingerprint density at radius 1 is 1.33 bits per heavy atom. The molecule has 1 heterocycles. The fourth-order valence-corrected chi connectivity index (χ4v) is 1.73. The van der Waals surface area contributed by atoms with E-state index in [9.17, 15) is 0 Å². The molecule has 0 radical (unpaired) electrons. The first-order valence-electron chi connectivity index (χ1n) is 5.40. The summed E-state index contributed by atoms with van der Waals surface area (Å²) in [5.74, 6) is 1.49. The van der Waals surface area contributed by atoms with Crippen LogP contribution in [0.5, 0.6) is 5.75 Å². The molecule has 3 heteroatoms. The fourth-order valence-electron chi connectivity index (χ4n) is 1.73. The third-order valence-corrected chi connectivity index (χ3v) is 2.68. The van der Waals surface area contributed by atoms with E-state index in [2.05, 4.69) is 0 Å². The lowest BCUT2D eigenvalue weighted by molar-refractivity contribution is 0.0497. The van der Waals surface area contributed by atoms with Crippen LogP contribution in [-0.2, 0) is 4.74 Å². The minimum absolute atomic E-state index is 0.625. The molecular weight excluding hydrogens is 190 g/mol. The van der Waals surface area contributed by atoms with Crippen molar-refractivity contribution in [3.05, 3.63) is 24.3 Å². The van der Waals surface area contributed by atoms with Crippen molar-refractivity contribution in [1.82, 2.24) is 0 Å². The van der Waals surface area contributed by atoms with Crippen molar-refractivity contribution in [1.29, 1.82) is 0 Å². The molecule has 1 fully saturated rings. The molecule has 0 aromatic heterocycles. The summed E-state index contributed by atoms with van der Waals surface area (Å²) in [6.07, 6.45) is 2.20. The zero-order valence-corrected chi connectivity index (χ0v) is 8.82. The summed E-state index contributed by atoms with van der Waals surface area (Å²) in [4.78, 5) is 0. The van der Waals surface area contributed by atoms with E-state index >= 15 is 0 Å². The second-order valence-electron chi connectivity index (χ2n) is 3.94. The van der Waals surface area contributed by atoms with Crippen LogP contribution in [0.15, 0.2) is 24.3 Å². The number of nitrogens with two attached hydrogens (primary N) is 1. The van der Waals surface area contributed by atoms with E-state index < -0.39 is 0 Å². The van der Waals surface area contributed by atoms with Crippen LogP contribution in [0, 0.1) is 5.92 Å². The van der Waals surface area contributed by atoms with E-state index in [-0.39, 0.29) is 0 Å². The minimum Gasteiger partial charge on any atom is -0.493 e. The van der Waals surface area contributed by atoms with Crippen molar-refractivity contribution >= 4 is 5.69 Å². The molecule has 0 atom stereocenters. The number of hydrogen-bond donors (Lipinski definition) is 1. The summed E-state index contributed by atoms with van der Waals surface area (Å²) in [5.41, 5.74) is 6.42. The SMILES string of the molecule is Nc1cccc(OCC2CCOCC2)c1. The Labute approximate surface area is 90.2 Å². The number of benzene rings is 1. The highest BCUT2D eigenvalue weighted by Crippen LogP contribution is 2.19. The number of rotatable bonds is 3. The molecule has 1 aliphatic heterocycles. The van der Waals surface area contributed by atoms with E-state index in [1.807, 2.05) is 24.3 Å². The van der Waals surface area contributed by atoms with Crippen molar-refractivity contribution in [3.63, 3.8) is 0 Å². The third kappa shape index (κ3) is 3.13. The Morgan fingerprint density at radius 3 is 2.87 bits per heavy atom. The summed E-state index contributed by atoms with van der Waals surface area (Å²) in [5, 5.41) is 0. The minimum atomic E-state index is 0.625. The largest absolute Gasteiger partial charge is 0.493 e. The fraction of sp³-hybridized carbons (Fsp3) is 0.500. The van der Waals surface area contributed by atoms with Crippen molar-refractivity contribution in [2.75, 3.05) is 25.6 Å². The molecule has 0 spiro atoms. The molecule has 0 bridgehead atoms. The first kappa shape index (κ1) is 10.3. The summed E-state index contributed by atoms with van der Waals surface area (Å²) in [6, 6.07) is 7.57. The number of anilines is 1. The van der Waals surface area contributed by atoms with Crippen LogP contribution in [0.25, 0.3) is 0 Å². The van der Waals surface area contributed by atoms with Crippen LogP contribution in [0.1, 0.15) is 12.8 Å². The van der Waals surface area contributed by atoms with Gasteiger partial charge in [-0.15, -0.1) is 0 Å². The Hall–Kier alpha value is -1.22. The summed E-state index contributed by atoms with van der Waals surface area (Å²) >= 11 is 0. The predicted molar refractivity (Wildman–Crippen MR) is 59.9 cm³/mol. The van der Waals surface area contributed by atoms with Gasteiger partial charge in [-0.2, -0.15) is 0 Å². The maximum Gasteiger partial charge on any atom is 0.121 e. The Balaban J connectivity index is 1.81. The first-order valence-corrected chi connectivity index (χ1v) is 5.40. The van der Waals surface area contributed by atoms with Crippen LogP contribution in [0.4, 0.5) is 5.69 Å². The van der Waals surface area contributed by atoms with Gasteiger partial charge in [0.1, 0.15) is 5.75 Å². The average Bonchev–Trinajstić information content (AvgIpc) is 2.28. The molecule has 0 aliphatic carbocycles. The highest BCUT2D eigenvalue weighted by Gasteiger charge is 2.14. The molecule has 15 heavy (non-hydrogen) atoms. The third-order valence-electron chi connectivity index (χ3n) is 2.68. The summed E-state index contributed by atoms with van der Waals surface area (Å²) in [6.45, 7) is 2.50. The second kappa shape index (κ2) is 5.03. The van der Waals surface area contributed by atoms with Crippen molar-refractivity contribution < 1.29 is 9.47 Å². The van der Waals surface area contributed by atoms with Gasteiger partial charge in [0, 0.05) is 25.0 Å². The molecule has 82 valence electrons. The van der Waals surface area contributed by atoms with Gasteiger partial charge >= 0.3 is 0 Å². The lowest BCUT2D eigenvalue weighted by Gasteiger charge is -2.22. The molecule has 1 aromatic rings. The summed E-state index contributed by atoms with van der Waals surface area (Å²) < 4.78 is 11.0. The zero-order valence-electron chi connectivity index (χ0n) is 8.82. The smallest absolute Gasteiger partial charge is 0.121 e. The monoisotopic (exact) mass is 207 g/mol. The van der Waals surface area contributed by atoms with Crippen LogP contribution >= 0.6 is 0 Å². The van der Waals surface area contributed by atoms with Gasteiger partial charge in [-0.05, 0) is 30.9 Å². The van der Waals surface area contributed by atoms with Crippen molar-refractivity contribution in [2.45, 2.75) is 12.8 Å². The summed E-state index contributed by atoms with van der Waals surface area (Å²) in [7, 11) is 0. The normalized spacial score (nSPS) is 17.6. The molecule has 0 saturated carbocycles. The second-order valence-corrected chi connectivity index (χ2v) is 3.94. The zero-order chi connectivity index (χ0) is 10.5. The molecule has 0 amide bonds. The van der Waals surface area contributed by atoms with Crippen LogP contribution < -0.4 is 10.5 Å². The maximum absolute atomic E-state index is 5.69. The topological polar surface area (TPSA) is 44.5 Å². The molecular formula is C12H17NO2. The average molecular weight is 207 g/mol. The Morgan fingerprint density at radius 2 is 2.13 bits per heavy atom. The van der Waals surface area contributed by atoms with Crippen LogP contribution in [-0.4, -0.2) is 19.8 Å². The van der Waals surface area contributed by atoms with Gasteiger partial charge in [0.25, 0.3) is 0 Å². The first-order chi connectivity index (χ1) is 7.34.